The normalized spacial score (nSPS) is 17.3. The first-order valence-electron chi connectivity index (χ1n) is 8.20. The first-order valence-corrected chi connectivity index (χ1v) is 9.08. The molecule has 1 aliphatic heterocycles. The summed E-state index contributed by atoms with van der Waals surface area (Å²) in [5.74, 6) is 1.04. The van der Waals surface area contributed by atoms with Crippen LogP contribution in [0.15, 0.2) is 48.1 Å². The van der Waals surface area contributed by atoms with Gasteiger partial charge in [-0.1, -0.05) is 30.3 Å². The molecule has 1 fully saturated rings. The first kappa shape index (κ1) is 15.5. The molecule has 0 amide bonds. The van der Waals surface area contributed by atoms with Crippen molar-refractivity contribution in [2.24, 2.45) is 0 Å². The summed E-state index contributed by atoms with van der Waals surface area (Å²) in [6, 6.07) is 11.9. The van der Waals surface area contributed by atoms with Gasteiger partial charge in [-0.3, -0.25) is 4.90 Å². The molecule has 0 radical (unpaired) electrons. The highest BCUT2D eigenvalue weighted by Gasteiger charge is 2.22. The number of β-amino-alcohol motifs (C(OH)–C–C–N with tert-alkyl or cyclic N) is 1. The highest BCUT2D eigenvalue weighted by Crippen LogP contribution is 2.28. The fourth-order valence-corrected chi connectivity index (χ4v) is 4.03. The third-order valence-electron chi connectivity index (χ3n) is 4.51. The monoisotopic (exact) mass is 340 g/mol. The predicted octanol–water partition coefficient (Wildman–Crippen LogP) is 2.55. The van der Waals surface area contributed by atoms with Crippen molar-refractivity contribution < 1.29 is 5.11 Å². The number of benzene rings is 1. The molecule has 2 aromatic heterocycles. The van der Waals surface area contributed by atoms with Gasteiger partial charge < -0.3 is 10.0 Å². The van der Waals surface area contributed by atoms with Crippen LogP contribution in [0.25, 0.3) is 10.2 Å². The Morgan fingerprint density at radius 3 is 2.62 bits per heavy atom. The second kappa shape index (κ2) is 6.84. The largest absolute Gasteiger partial charge is 0.387 e. The molecule has 6 heteroatoms. The van der Waals surface area contributed by atoms with Crippen LogP contribution >= 0.6 is 11.3 Å². The van der Waals surface area contributed by atoms with Crippen molar-refractivity contribution in [1.82, 2.24) is 14.9 Å². The van der Waals surface area contributed by atoms with Crippen molar-refractivity contribution in [3.05, 3.63) is 53.7 Å². The number of aliphatic hydroxyl groups is 1. The number of anilines is 1. The van der Waals surface area contributed by atoms with Crippen molar-refractivity contribution in [1.29, 1.82) is 0 Å². The summed E-state index contributed by atoms with van der Waals surface area (Å²) in [6.45, 7) is 4.38. The number of thiophene rings is 1. The molecule has 124 valence electrons. The topological polar surface area (TPSA) is 52.5 Å². The zero-order chi connectivity index (χ0) is 16.4. The smallest absolute Gasteiger partial charge is 0.150 e. The van der Waals surface area contributed by atoms with E-state index in [9.17, 15) is 5.11 Å². The molecule has 1 atom stereocenters. The molecule has 1 unspecified atom stereocenters. The van der Waals surface area contributed by atoms with Crippen LogP contribution in [0.5, 0.6) is 0 Å². The van der Waals surface area contributed by atoms with Gasteiger partial charge in [-0.2, -0.15) is 0 Å². The zero-order valence-electron chi connectivity index (χ0n) is 13.4. The highest BCUT2D eigenvalue weighted by molar-refractivity contribution is 7.17. The lowest BCUT2D eigenvalue weighted by atomic mass is 10.1. The van der Waals surface area contributed by atoms with Crippen molar-refractivity contribution in [3.63, 3.8) is 0 Å². The molecule has 0 saturated carbocycles. The maximum atomic E-state index is 10.4. The van der Waals surface area contributed by atoms with E-state index in [4.69, 9.17) is 0 Å². The number of aliphatic hydroxyl groups excluding tert-OH is 1. The SMILES string of the molecule is OC(CN1CCN(c2ncnc3ccsc23)CC1)c1ccccc1. The molecule has 3 heterocycles. The average molecular weight is 340 g/mol. The number of piperazine rings is 1. The summed E-state index contributed by atoms with van der Waals surface area (Å²) in [4.78, 5) is 13.5. The lowest BCUT2D eigenvalue weighted by molar-refractivity contribution is 0.109. The van der Waals surface area contributed by atoms with Gasteiger partial charge in [0, 0.05) is 32.7 Å². The third kappa shape index (κ3) is 3.13. The molecular weight excluding hydrogens is 320 g/mol. The Morgan fingerprint density at radius 1 is 1.04 bits per heavy atom. The first-order chi connectivity index (χ1) is 11.8. The van der Waals surface area contributed by atoms with Crippen LogP contribution < -0.4 is 4.90 Å². The summed E-state index contributed by atoms with van der Waals surface area (Å²) in [6.07, 6.45) is 1.22. The van der Waals surface area contributed by atoms with E-state index in [1.807, 2.05) is 36.4 Å². The minimum atomic E-state index is -0.430. The standard InChI is InChI=1S/C18H20N4OS/c23-16(14-4-2-1-3-5-14)12-21-7-9-22(10-8-21)18-17-15(6-11-24-17)19-13-20-18/h1-6,11,13,16,23H,7-10,12H2. The van der Waals surface area contributed by atoms with Crippen LogP contribution in [0.2, 0.25) is 0 Å². The van der Waals surface area contributed by atoms with E-state index in [-0.39, 0.29) is 0 Å². The molecule has 0 spiro atoms. The van der Waals surface area contributed by atoms with E-state index in [2.05, 4.69) is 25.1 Å². The predicted molar refractivity (Wildman–Crippen MR) is 97.5 cm³/mol. The quantitative estimate of drug-likeness (QED) is 0.791. The third-order valence-corrected chi connectivity index (χ3v) is 5.41. The van der Waals surface area contributed by atoms with Gasteiger partial charge in [0.15, 0.2) is 0 Å². The molecule has 3 aromatic rings. The molecular formula is C18H20N4OS. The highest BCUT2D eigenvalue weighted by atomic mass is 32.1. The van der Waals surface area contributed by atoms with Crippen LogP contribution in [-0.4, -0.2) is 52.7 Å². The van der Waals surface area contributed by atoms with Gasteiger partial charge in [0.2, 0.25) is 0 Å². The lowest BCUT2D eigenvalue weighted by Crippen LogP contribution is -2.47. The summed E-state index contributed by atoms with van der Waals surface area (Å²) in [5.41, 5.74) is 2.00. The second-order valence-corrected chi connectivity index (χ2v) is 6.96. The molecule has 1 saturated heterocycles. The van der Waals surface area contributed by atoms with E-state index in [1.165, 1.54) is 0 Å². The zero-order valence-corrected chi connectivity index (χ0v) is 14.2. The van der Waals surface area contributed by atoms with Crippen LogP contribution in [0.1, 0.15) is 11.7 Å². The summed E-state index contributed by atoms with van der Waals surface area (Å²) < 4.78 is 1.16. The van der Waals surface area contributed by atoms with Crippen LogP contribution in [0.3, 0.4) is 0 Å². The summed E-state index contributed by atoms with van der Waals surface area (Å²) in [7, 11) is 0. The molecule has 24 heavy (non-hydrogen) atoms. The van der Waals surface area contributed by atoms with Crippen LogP contribution in [-0.2, 0) is 0 Å². The number of aromatic nitrogens is 2. The van der Waals surface area contributed by atoms with E-state index >= 15 is 0 Å². The minimum absolute atomic E-state index is 0.430. The van der Waals surface area contributed by atoms with Gasteiger partial charge in [0.05, 0.1) is 16.3 Å². The van der Waals surface area contributed by atoms with Gasteiger partial charge >= 0.3 is 0 Å². The van der Waals surface area contributed by atoms with Crippen molar-refractivity contribution in [2.45, 2.75) is 6.10 Å². The van der Waals surface area contributed by atoms with E-state index in [0.717, 1.165) is 47.8 Å². The molecule has 0 aliphatic carbocycles. The number of hydrogen-bond donors (Lipinski definition) is 1. The summed E-state index contributed by atoms with van der Waals surface area (Å²) in [5, 5.41) is 12.5. The Hall–Kier alpha value is -2.02. The number of nitrogens with zero attached hydrogens (tertiary/aromatic N) is 4. The van der Waals surface area contributed by atoms with Crippen molar-refractivity contribution >= 4 is 27.4 Å². The summed E-state index contributed by atoms with van der Waals surface area (Å²) >= 11 is 1.70. The van der Waals surface area contributed by atoms with Crippen molar-refractivity contribution in [3.8, 4) is 0 Å². The molecule has 0 bridgehead atoms. The molecule has 1 N–H and O–H groups in total. The Balaban J connectivity index is 1.39. The number of rotatable bonds is 4. The van der Waals surface area contributed by atoms with Crippen molar-refractivity contribution in [2.75, 3.05) is 37.6 Å². The average Bonchev–Trinajstić information content (AvgIpc) is 3.12. The number of fused-ring (bicyclic) bond motifs is 1. The van der Waals surface area contributed by atoms with E-state index < -0.39 is 6.10 Å². The fourth-order valence-electron chi connectivity index (χ4n) is 3.17. The molecule has 5 nitrogen and oxygen atoms in total. The van der Waals surface area contributed by atoms with Gasteiger partial charge in [-0.25, -0.2) is 9.97 Å². The van der Waals surface area contributed by atoms with Gasteiger partial charge in [0.25, 0.3) is 0 Å². The Kier molecular flexibility index (Phi) is 4.42. The van der Waals surface area contributed by atoms with E-state index in [0.29, 0.717) is 6.54 Å². The lowest BCUT2D eigenvalue weighted by Gasteiger charge is -2.36. The molecule has 1 aliphatic rings. The van der Waals surface area contributed by atoms with Gasteiger partial charge in [0.1, 0.15) is 12.1 Å². The van der Waals surface area contributed by atoms with Crippen LogP contribution in [0.4, 0.5) is 5.82 Å². The molecule has 1 aromatic carbocycles. The Morgan fingerprint density at radius 2 is 1.83 bits per heavy atom. The van der Waals surface area contributed by atoms with Gasteiger partial charge in [-0.15, -0.1) is 11.3 Å². The fraction of sp³-hybridized carbons (Fsp3) is 0.333. The minimum Gasteiger partial charge on any atom is -0.387 e. The van der Waals surface area contributed by atoms with Crippen LogP contribution in [0, 0.1) is 0 Å². The Bertz CT molecular complexity index is 799. The molecule has 4 rings (SSSR count). The van der Waals surface area contributed by atoms with Gasteiger partial charge in [-0.05, 0) is 17.0 Å². The second-order valence-electron chi connectivity index (χ2n) is 6.05. The number of hydrogen-bond acceptors (Lipinski definition) is 6. The van der Waals surface area contributed by atoms with E-state index in [1.54, 1.807) is 17.7 Å². The Labute approximate surface area is 145 Å². The maximum Gasteiger partial charge on any atom is 0.150 e. The maximum absolute atomic E-state index is 10.4.